The van der Waals surface area contributed by atoms with Crippen molar-refractivity contribution in [3.8, 4) is 0 Å². The van der Waals surface area contributed by atoms with Crippen LogP contribution in [0.2, 0.25) is 0 Å². The normalized spacial score (nSPS) is 24.7. The van der Waals surface area contributed by atoms with Crippen LogP contribution >= 0.6 is 0 Å². The summed E-state index contributed by atoms with van der Waals surface area (Å²) in [6, 6.07) is 0. The van der Waals surface area contributed by atoms with E-state index in [9.17, 15) is 0 Å². The molecule has 2 nitrogen and oxygen atoms in total. The van der Waals surface area contributed by atoms with Gasteiger partial charge in [0.1, 0.15) is 24.7 Å². The van der Waals surface area contributed by atoms with Crippen LogP contribution in [-0.2, 0) is 9.47 Å². The van der Waals surface area contributed by atoms with E-state index in [0.29, 0.717) is 0 Å². The fraction of sp³-hybridized carbons (Fsp3) is 0.778. The minimum Gasteiger partial charge on any atom is -0.491 e. The largest absolute Gasteiger partial charge is 0.491 e. The Morgan fingerprint density at radius 3 is 1.82 bits per heavy atom. The van der Waals surface area contributed by atoms with Gasteiger partial charge in [-0.15, -0.1) is 0 Å². The molecule has 2 rings (SSSR count). The molecule has 0 aromatic rings. The summed E-state index contributed by atoms with van der Waals surface area (Å²) in [5, 5.41) is 0. The Bertz CT molecular complexity index is 154. The van der Waals surface area contributed by atoms with Crippen molar-refractivity contribution < 1.29 is 9.47 Å². The summed E-state index contributed by atoms with van der Waals surface area (Å²) in [5.41, 5.74) is 0. The molecule has 0 unspecified atom stereocenters. The van der Waals surface area contributed by atoms with Gasteiger partial charge in [-0.3, -0.25) is 0 Å². The average molecular weight is 154 g/mol. The second-order valence-electron chi connectivity index (χ2n) is 3.10. The Morgan fingerprint density at radius 2 is 1.27 bits per heavy atom. The molecule has 0 bridgehead atoms. The zero-order chi connectivity index (χ0) is 7.52. The molecule has 0 amide bonds. The van der Waals surface area contributed by atoms with E-state index in [4.69, 9.17) is 9.47 Å². The molecule has 2 aliphatic rings. The summed E-state index contributed by atoms with van der Waals surface area (Å²) in [6.07, 6.45) is 6.04. The van der Waals surface area contributed by atoms with Crippen LogP contribution in [0, 0.1) is 0 Å². The molecule has 0 aromatic heterocycles. The van der Waals surface area contributed by atoms with Crippen LogP contribution in [0.3, 0.4) is 0 Å². The van der Waals surface area contributed by atoms with Gasteiger partial charge in [0.05, 0.1) is 0 Å². The lowest BCUT2D eigenvalue weighted by Gasteiger charge is -2.20. The Balaban J connectivity index is 2.10. The van der Waals surface area contributed by atoms with Crippen molar-refractivity contribution in [3.05, 3.63) is 11.5 Å². The van der Waals surface area contributed by atoms with Crippen molar-refractivity contribution in [1.29, 1.82) is 0 Å². The van der Waals surface area contributed by atoms with Crippen molar-refractivity contribution in [2.75, 3.05) is 13.2 Å². The fourth-order valence-electron chi connectivity index (χ4n) is 1.66. The highest BCUT2D eigenvalue weighted by atomic mass is 16.6. The van der Waals surface area contributed by atoms with E-state index in [1.807, 2.05) is 0 Å². The minimum absolute atomic E-state index is 0.749. The third-order valence-corrected chi connectivity index (χ3v) is 2.25. The number of ether oxygens (including phenoxy) is 2. The molecule has 0 radical (unpaired) electrons. The summed E-state index contributed by atoms with van der Waals surface area (Å²) in [5.74, 6) is 2.27. The highest BCUT2D eigenvalue weighted by Crippen LogP contribution is 2.27. The second kappa shape index (κ2) is 3.16. The molecule has 62 valence electrons. The van der Waals surface area contributed by atoms with Crippen molar-refractivity contribution in [3.63, 3.8) is 0 Å². The van der Waals surface area contributed by atoms with Gasteiger partial charge >= 0.3 is 0 Å². The third-order valence-electron chi connectivity index (χ3n) is 2.25. The van der Waals surface area contributed by atoms with E-state index < -0.39 is 0 Å². The first kappa shape index (κ1) is 7.01. The SMILES string of the molecule is C1CCC2=C(CC1)OCCO2. The van der Waals surface area contributed by atoms with Crippen molar-refractivity contribution in [1.82, 2.24) is 0 Å². The molecule has 0 spiro atoms. The lowest BCUT2D eigenvalue weighted by molar-refractivity contribution is 0.0550. The zero-order valence-electron chi connectivity index (χ0n) is 6.77. The summed E-state index contributed by atoms with van der Waals surface area (Å²) < 4.78 is 11.0. The molecule has 1 aliphatic carbocycles. The van der Waals surface area contributed by atoms with E-state index in [-0.39, 0.29) is 0 Å². The minimum atomic E-state index is 0.749. The van der Waals surface area contributed by atoms with E-state index in [2.05, 4.69) is 0 Å². The molecule has 0 saturated heterocycles. The van der Waals surface area contributed by atoms with Crippen molar-refractivity contribution >= 4 is 0 Å². The molecule has 0 atom stereocenters. The molecule has 0 saturated carbocycles. The Kier molecular flexibility index (Phi) is 2.01. The number of hydrogen-bond donors (Lipinski definition) is 0. The number of allylic oxidation sites excluding steroid dienone is 2. The standard InChI is InChI=1S/C9H14O2/c1-2-4-8-9(5-3-1)11-7-6-10-8/h1-7H2. The fourth-order valence-corrected chi connectivity index (χ4v) is 1.66. The van der Waals surface area contributed by atoms with Gasteiger partial charge < -0.3 is 9.47 Å². The third kappa shape index (κ3) is 1.50. The Morgan fingerprint density at radius 1 is 0.727 bits per heavy atom. The highest BCUT2D eigenvalue weighted by Gasteiger charge is 2.17. The topological polar surface area (TPSA) is 18.5 Å². The highest BCUT2D eigenvalue weighted by molar-refractivity contribution is 5.05. The summed E-state index contributed by atoms with van der Waals surface area (Å²) in [7, 11) is 0. The van der Waals surface area contributed by atoms with E-state index in [0.717, 1.165) is 37.6 Å². The Hall–Kier alpha value is -0.660. The summed E-state index contributed by atoms with van der Waals surface area (Å²) in [4.78, 5) is 0. The van der Waals surface area contributed by atoms with E-state index in [1.54, 1.807) is 0 Å². The maximum Gasteiger partial charge on any atom is 0.134 e. The van der Waals surface area contributed by atoms with Crippen molar-refractivity contribution in [2.45, 2.75) is 32.1 Å². The summed E-state index contributed by atoms with van der Waals surface area (Å²) >= 11 is 0. The molecule has 0 aromatic carbocycles. The van der Waals surface area contributed by atoms with Gasteiger partial charge in [0.25, 0.3) is 0 Å². The molecular formula is C9H14O2. The number of rotatable bonds is 0. The maximum absolute atomic E-state index is 5.52. The number of hydrogen-bond acceptors (Lipinski definition) is 2. The van der Waals surface area contributed by atoms with E-state index in [1.165, 1.54) is 19.3 Å². The van der Waals surface area contributed by atoms with Gasteiger partial charge in [0.2, 0.25) is 0 Å². The first-order chi connectivity index (χ1) is 5.47. The summed E-state index contributed by atoms with van der Waals surface area (Å²) in [6.45, 7) is 1.50. The monoisotopic (exact) mass is 154 g/mol. The maximum atomic E-state index is 5.52. The van der Waals surface area contributed by atoms with Crippen LogP contribution in [-0.4, -0.2) is 13.2 Å². The Labute approximate surface area is 67.2 Å². The average Bonchev–Trinajstić information content (AvgIpc) is 2.28. The molecule has 1 heterocycles. The molecule has 11 heavy (non-hydrogen) atoms. The van der Waals surface area contributed by atoms with Gasteiger partial charge in [-0.1, -0.05) is 6.42 Å². The quantitative estimate of drug-likeness (QED) is 0.532. The zero-order valence-corrected chi connectivity index (χ0v) is 6.77. The predicted octanol–water partition coefficient (Wildman–Crippen LogP) is 2.21. The molecule has 1 aliphatic heterocycles. The molecular weight excluding hydrogens is 140 g/mol. The van der Waals surface area contributed by atoms with Crippen LogP contribution < -0.4 is 0 Å². The lowest BCUT2D eigenvalue weighted by Crippen LogP contribution is -2.12. The predicted molar refractivity (Wildman–Crippen MR) is 42.0 cm³/mol. The van der Waals surface area contributed by atoms with Gasteiger partial charge in [-0.05, 0) is 12.8 Å². The van der Waals surface area contributed by atoms with Gasteiger partial charge in [-0.2, -0.15) is 0 Å². The van der Waals surface area contributed by atoms with Crippen LogP contribution in [0.5, 0.6) is 0 Å². The van der Waals surface area contributed by atoms with Gasteiger partial charge in [-0.25, -0.2) is 0 Å². The van der Waals surface area contributed by atoms with Crippen LogP contribution in [0.25, 0.3) is 0 Å². The van der Waals surface area contributed by atoms with Crippen LogP contribution in [0.15, 0.2) is 11.5 Å². The second-order valence-corrected chi connectivity index (χ2v) is 3.10. The lowest BCUT2D eigenvalue weighted by atomic mass is 10.2. The van der Waals surface area contributed by atoms with Crippen LogP contribution in [0.4, 0.5) is 0 Å². The molecule has 2 heteroatoms. The molecule has 0 N–H and O–H groups in total. The molecule has 0 fully saturated rings. The first-order valence-electron chi connectivity index (χ1n) is 4.44. The smallest absolute Gasteiger partial charge is 0.134 e. The van der Waals surface area contributed by atoms with Gasteiger partial charge in [0, 0.05) is 12.8 Å². The van der Waals surface area contributed by atoms with Gasteiger partial charge in [0.15, 0.2) is 0 Å². The van der Waals surface area contributed by atoms with Crippen LogP contribution in [0.1, 0.15) is 32.1 Å². The van der Waals surface area contributed by atoms with E-state index >= 15 is 0 Å². The first-order valence-corrected chi connectivity index (χ1v) is 4.44. The van der Waals surface area contributed by atoms with Crippen molar-refractivity contribution in [2.24, 2.45) is 0 Å².